The topological polar surface area (TPSA) is 70.2 Å². The third kappa shape index (κ3) is 2.41. The van der Waals surface area contributed by atoms with E-state index in [0.29, 0.717) is 12.5 Å². The molecule has 2 unspecified atom stereocenters. The van der Waals surface area contributed by atoms with Crippen molar-refractivity contribution in [1.29, 1.82) is 0 Å². The Balaban J connectivity index is 0.00000112. The number of rotatable bonds is 2. The zero-order chi connectivity index (χ0) is 10.2. The van der Waals surface area contributed by atoms with Gasteiger partial charge in [0.1, 0.15) is 5.54 Å². The number of hydrogen-bond acceptors (Lipinski definition) is 3. The van der Waals surface area contributed by atoms with Crippen molar-refractivity contribution in [2.24, 2.45) is 0 Å². The van der Waals surface area contributed by atoms with Gasteiger partial charge in [0.25, 0.3) is 5.91 Å². The van der Waals surface area contributed by atoms with Crippen LogP contribution in [0.1, 0.15) is 26.2 Å². The molecule has 0 radical (unpaired) electrons. The van der Waals surface area contributed by atoms with Crippen LogP contribution in [0.4, 0.5) is 4.79 Å². The van der Waals surface area contributed by atoms with Crippen molar-refractivity contribution in [1.82, 2.24) is 16.0 Å². The third-order valence-electron chi connectivity index (χ3n) is 2.93. The van der Waals surface area contributed by atoms with Gasteiger partial charge in [-0.2, -0.15) is 0 Å². The van der Waals surface area contributed by atoms with E-state index >= 15 is 0 Å². The molecule has 2 heterocycles. The molecule has 6 heteroatoms. The molecule has 86 valence electrons. The lowest BCUT2D eigenvalue weighted by Gasteiger charge is -2.24. The van der Waals surface area contributed by atoms with Gasteiger partial charge in [-0.1, -0.05) is 0 Å². The van der Waals surface area contributed by atoms with Gasteiger partial charge in [0.2, 0.25) is 0 Å². The van der Waals surface area contributed by atoms with Crippen LogP contribution in [-0.2, 0) is 4.79 Å². The minimum absolute atomic E-state index is 0. The number of hydrogen-bond donors (Lipinski definition) is 3. The Morgan fingerprint density at radius 3 is 2.67 bits per heavy atom. The molecule has 0 aliphatic carbocycles. The van der Waals surface area contributed by atoms with E-state index in [1.807, 2.05) is 0 Å². The quantitative estimate of drug-likeness (QED) is 0.595. The molecule has 2 atom stereocenters. The predicted molar refractivity (Wildman–Crippen MR) is 58.0 cm³/mol. The first-order chi connectivity index (χ1) is 6.60. The van der Waals surface area contributed by atoms with Gasteiger partial charge in [0.05, 0.1) is 0 Å². The van der Waals surface area contributed by atoms with Crippen molar-refractivity contribution in [3.8, 4) is 0 Å². The van der Waals surface area contributed by atoms with E-state index in [1.54, 1.807) is 6.92 Å². The van der Waals surface area contributed by atoms with Crippen LogP contribution in [0.3, 0.4) is 0 Å². The van der Waals surface area contributed by atoms with Gasteiger partial charge in [-0.25, -0.2) is 4.79 Å². The zero-order valence-corrected chi connectivity index (χ0v) is 9.45. The molecular weight excluding hydrogens is 218 g/mol. The van der Waals surface area contributed by atoms with Crippen LogP contribution in [0.5, 0.6) is 0 Å². The number of halogens is 1. The molecule has 2 aliphatic heterocycles. The lowest BCUT2D eigenvalue weighted by atomic mass is 9.92. The number of imide groups is 1. The van der Waals surface area contributed by atoms with Crippen LogP contribution in [0.15, 0.2) is 0 Å². The van der Waals surface area contributed by atoms with Gasteiger partial charge in [0.15, 0.2) is 0 Å². The molecule has 2 aliphatic rings. The molecule has 2 rings (SSSR count). The van der Waals surface area contributed by atoms with Crippen molar-refractivity contribution in [3.63, 3.8) is 0 Å². The van der Waals surface area contributed by atoms with Crippen molar-refractivity contribution < 1.29 is 9.59 Å². The fourth-order valence-corrected chi connectivity index (χ4v) is 2.15. The van der Waals surface area contributed by atoms with Gasteiger partial charge < -0.3 is 10.6 Å². The molecule has 5 nitrogen and oxygen atoms in total. The maximum atomic E-state index is 11.5. The summed E-state index contributed by atoms with van der Waals surface area (Å²) in [4.78, 5) is 22.5. The minimum atomic E-state index is -0.723. The maximum Gasteiger partial charge on any atom is 0.322 e. The summed E-state index contributed by atoms with van der Waals surface area (Å²) in [5.74, 6) is -0.212. The number of nitrogens with one attached hydrogen (secondary N) is 3. The molecular formula is C9H16ClN3O2. The lowest BCUT2D eigenvalue weighted by molar-refractivity contribution is -0.123. The van der Waals surface area contributed by atoms with Crippen LogP contribution in [0.2, 0.25) is 0 Å². The van der Waals surface area contributed by atoms with Crippen LogP contribution in [0.25, 0.3) is 0 Å². The standard InChI is InChI=1S/C9H15N3O2.ClH/c1-9(5-6-3-2-4-10-6)7(13)11-8(14)12-9;/h6,10H,2-5H2,1H3,(H2,11,12,13,14);1H. The third-order valence-corrected chi connectivity index (χ3v) is 2.93. The zero-order valence-electron chi connectivity index (χ0n) is 8.63. The molecule has 0 aromatic rings. The first-order valence-corrected chi connectivity index (χ1v) is 4.97. The molecule has 0 aromatic heterocycles. The summed E-state index contributed by atoms with van der Waals surface area (Å²) in [7, 11) is 0. The SMILES string of the molecule is CC1(CC2CCCN2)NC(=O)NC1=O.Cl. The second kappa shape index (κ2) is 4.37. The molecule has 3 amide bonds. The predicted octanol–water partition coefficient (Wildman–Crippen LogP) is 0.148. The van der Waals surface area contributed by atoms with Crippen LogP contribution >= 0.6 is 12.4 Å². The van der Waals surface area contributed by atoms with Crippen LogP contribution in [-0.4, -0.2) is 30.1 Å². The Labute approximate surface area is 94.8 Å². The highest BCUT2D eigenvalue weighted by molar-refractivity contribution is 6.06. The van der Waals surface area contributed by atoms with Gasteiger partial charge in [-0.3, -0.25) is 10.1 Å². The van der Waals surface area contributed by atoms with E-state index in [4.69, 9.17) is 0 Å². The Morgan fingerprint density at radius 1 is 1.47 bits per heavy atom. The first kappa shape index (κ1) is 12.3. The van der Waals surface area contributed by atoms with Crippen LogP contribution in [0, 0.1) is 0 Å². The van der Waals surface area contributed by atoms with E-state index in [9.17, 15) is 9.59 Å². The molecule has 2 saturated heterocycles. The fraction of sp³-hybridized carbons (Fsp3) is 0.778. The highest BCUT2D eigenvalue weighted by atomic mass is 35.5. The summed E-state index contributed by atoms with van der Waals surface area (Å²) in [6, 6.07) is -0.0281. The van der Waals surface area contributed by atoms with Gasteiger partial charge >= 0.3 is 6.03 Å². The van der Waals surface area contributed by atoms with Gasteiger partial charge in [0, 0.05) is 6.04 Å². The number of carbonyl (C=O) groups excluding carboxylic acids is 2. The first-order valence-electron chi connectivity index (χ1n) is 4.97. The Morgan fingerprint density at radius 2 is 2.20 bits per heavy atom. The Bertz CT molecular complexity index is 279. The summed E-state index contributed by atoms with van der Waals surface area (Å²) < 4.78 is 0. The fourth-order valence-electron chi connectivity index (χ4n) is 2.15. The summed E-state index contributed by atoms with van der Waals surface area (Å²) in [5, 5.41) is 8.24. The average Bonchev–Trinajstić information content (AvgIpc) is 2.62. The highest BCUT2D eigenvalue weighted by Gasteiger charge is 2.43. The normalized spacial score (nSPS) is 34.6. The van der Waals surface area contributed by atoms with Crippen molar-refractivity contribution in [3.05, 3.63) is 0 Å². The summed E-state index contributed by atoms with van der Waals surface area (Å²) in [5.41, 5.74) is -0.723. The molecule has 2 fully saturated rings. The largest absolute Gasteiger partial charge is 0.323 e. The smallest absolute Gasteiger partial charge is 0.322 e. The van der Waals surface area contributed by atoms with Crippen LogP contribution < -0.4 is 16.0 Å². The second-order valence-electron chi connectivity index (χ2n) is 4.24. The summed E-state index contributed by atoms with van der Waals surface area (Å²) >= 11 is 0. The molecule has 3 N–H and O–H groups in total. The van der Waals surface area contributed by atoms with Gasteiger partial charge in [-0.05, 0) is 32.7 Å². The lowest BCUT2D eigenvalue weighted by Crippen LogP contribution is -2.47. The Hall–Kier alpha value is -0.810. The summed E-state index contributed by atoms with van der Waals surface area (Å²) in [6.07, 6.45) is 2.90. The van der Waals surface area contributed by atoms with E-state index in [-0.39, 0.29) is 24.3 Å². The van der Waals surface area contributed by atoms with Gasteiger partial charge in [-0.15, -0.1) is 12.4 Å². The maximum absolute atomic E-state index is 11.5. The van der Waals surface area contributed by atoms with Crippen molar-refractivity contribution in [2.45, 2.75) is 37.8 Å². The monoisotopic (exact) mass is 233 g/mol. The average molecular weight is 234 g/mol. The number of carbonyl (C=O) groups is 2. The van der Waals surface area contributed by atoms with E-state index in [2.05, 4.69) is 16.0 Å². The molecule has 0 aromatic carbocycles. The number of urea groups is 1. The molecule has 0 bridgehead atoms. The second-order valence-corrected chi connectivity index (χ2v) is 4.24. The van der Waals surface area contributed by atoms with E-state index in [0.717, 1.165) is 19.4 Å². The molecule has 0 spiro atoms. The highest BCUT2D eigenvalue weighted by Crippen LogP contribution is 2.21. The van der Waals surface area contributed by atoms with E-state index < -0.39 is 5.54 Å². The van der Waals surface area contributed by atoms with Crippen molar-refractivity contribution >= 4 is 24.3 Å². The molecule has 0 saturated carbocycles. The summed E-state index contributed by atoms with van der Waals surface area (Å²) in [6.45, 7) is 2.78. The Kier molecular flexibility index (Phi) is 3.57. The van der Waals surface area contributed by atoms with Crippen molar-refractivity contribution in [2.75, 3.05) is 6.54 Å². The van der Waals surface area contributed by atoms with E-state index in [1.165, 1.54) is 0 Å². The minimum Gasteiger partial charge on any atom is -0.323 e. The number of amides is 3. The molecule has 15 heavy (non-hydrogen) atoms.